The molecule has 152 valence electrons. The van der Waals surface area contributed by atoms with E-state index in [-0.39, 0.29) is 12.0 Å². The number of hydrogen-bond donors (Lipinski definition) is 0. The highest BCUT2D eigenvalue weighted by Crippen LogP contribution is 2.36. The standard InChI is InChI=1S/C25H24N2O3/c1-16(2)27(3)22-13-19-12-18(25(28)29-4)10-11-21(19)26-24(22)23-14-20(15-30-23)17-8-6-5-7-9-17/h5-16H,1-4H3. The molecule has 2 aromatic carbocycles. The molecular formula is C25H24N2O3. The van der Waals surface area contributed by atoms with Gasteiger partial charge in [0.2, 0.25) is 0 Å². The number of aromatic nitrogens is 1. The largest absolute Gasteiger partial charge is 0.465 e. The lowest BCUT2D eigenvalue weighted by atomic mass is 10.1. The lowest BCUT2D eigenvalue weighted by Crippen LogP contribution is -2.26. The van der Waals surface area contributed by atoms with Crippen molar-refractivity contribution in [1.82, 2.24) is 4.98 Å². The van der Waals surface area contributed by atoms with E-state index in [1.165, 1.54) is 7.11 Å². The van der Waals surface area contributed by atoms with Gasteiger partial charge in [-0.05, 0) is 49.7 Å². The maximum absolute atomic E-state index is 11.9. The Morgan fingerprint density at radius 1 is 1.03 bits per heavy atom. The molecule has 0 saturated heterocycles. The number of furan rings is 1. The van der Waals surface area contributed by atoms with Gasteiger partial charge >= 0.3 is 5.97 Å². The summed E-state index contributed by atoms with van der Waals surface area (Å²) in [6.07, 6.45) is 1.76. The number of benzene rings is 2. The number of carbonyl (C=O) groups excluding carboxylic acids is 1. The highest BCUT2D eigenvalue weighted by Gasteiger charge is 2.19. The molecule has 4 aromatic rings. The van der Waals surface area contributed by atoms with E-state index in [0.717, 1.165) is 33.4 Å². The molecule has 0 radical (unpaired) electrons. The fraction of sp³-hybridized carbons (Fsp3) is 0.200. The lowest BCUT2D eigenvalue weighted by Gasteiger charge is -2.25. The van der Waals surface area contributed by atoms with Crippen LogP contribution in [-0.2, 0) is 4.74 Å². The van der Waals surface area contributed by atoms with E-state index in [1.807, 2.05) is 43.4 Å². The van der Waals surface area contributed by atoms with Gasteiger partial charge in [-0.3, -0.25) is 0 Å². The summed E-state index contributed by atoms with van der Waals surface area (Å²) < 4.78 is 10.8. The van der Waals surface area contributed by atoms with Gasteiger partial charge in [-0.2, -0.15) is 0 Å². The first-order valence-corrected chi connectivity index (χ1v) is 9.88. The van der Waals surface area contributed by atoms with Crippen LogP contribution in [-0.4, -0.2) is 31.2 Å². The number of methoxy groups -OCH3 is 1. The minimum atomic E-state index is -0.363. The van der Waals surface area contributed by atoms with Gasteiger partial charge in [0.25, 0.3) is 0 Å². The van der Waals surface area contributed by atoms with Crippen LogP contribution >= 0.6 is 0 Å². The first-order valence-electron chi connectivity index (χ1n) is 9.88. The number of ether oxygens (including phenoxy) is 1. The highest BCUT2D eigenvalue weighted by molar-refractivity contribution is 5.96. The molecule has 0 amide bonds. The van der Waals surface area contributed by atoms with E-state index in [0.29, 0.717) is 11.3 Å². The van der Waals surface area contributed by atoms with E-state index in [2.05, 4.69) is 36.9 Å². The fourth-order valence-electron chi connectivity index (χ4n) is 3.38. The molecule has 5 nitrogen and oxygen atoms in total. The van der Waals surface area contributed by atoms with Gasteiger partial charge in [-0.1, -0.05) is 30.3 Å². The molecular weight excluding hydrogens is 376 g/mol. The van der Waals surface area contributed by atoms with Crippen LogP contribution in [0.1, 0.15) is 24.2 Å². The summed E-state index contributed by atoms with van der Waals surface area (Å²) in [4.78, 5) is 19.0. The Labute approximate surface area is 175 Å². The van der Waals surface area contributed by atoms with Gasteiger partial charge in [0.15, 0.2) is 5.76 Å². The van der Waals surface area contributed by atoms with Crippen LogP contribution in [0.5, 0.6) is 0 Å². The van der Waals surface area contributed by atoms with Gasteiger partial charge < -0.3 is 14.1 Å². The zero-order chi connectivity index (χ0) is 21.3. The van der Waals surface area contributed by atoms with Crippen molar-refractivity contribution in [2.75, 3.05) is 19.1 Å². The average molecular weight is 400 g/mol. The Kier molecular flexibility index (Phi) is 5.27. The summed E-state index contributed by atoms with van der Waals surface area (Å²) in [6, 6.07) is 19.8. The molecule has 0 aliphatic heterocycles. The number of hydrogen-bond acceptors (Lipinski definition) is 5. The van der Waals surface area contributed by atoms with E-state index in [1.54, 1.807) is 12.3 Å². The average Bonchev–Trinajstić information content (AvgIpc) is 3.27. The monoisotopic (exact) mass is 400 g/mol. The molecule has 0 unspecified atom stereocenters. The number of pyridine rings is 1. The smallest absolute Gasteiger partial charge is 0.337 e. The van der Waals surface area contributed by atoms with Crippen LogP contribution in [0, 0.1) is 0 Å². The number of nitrogens with zero attached hydrogens (tertiary/aromatic N) is 2. The van der Waals surface area contributed by atoms with Crippen molar-refractivity contribution in [3.8, 4) is 22.6 Å². The second-order valence-corrected chi connectivity index (χ2v) is 7.53. The van der Waals surface area contributed by atoms with Gasteiger partial charge in [-0.25, -0.2) is 9.78 Å². The second kappa shape index (κ2) is 8.03. The Bertz CT molecular complexity index is 1200. The SMILES string of the molecule is COC(=O)c1ccc2nc(-c3cc(-c4ccccc4)co3)c(N(C)C(C)C)cc2c1. The third-order valence-electron chi connectivity index (χ3n) is 5.31. The van der Waals surface area contributed by atoms with Crippen molar-refractivity contribution < 1.29 is 13.9 Å². The zero-order valence-corrected chi connectivity index (χ0v) is 17.5. The normalized spacial score (nSPS) is 11.1. The number of anilines is 1. The summed E-state index contributed by atoms with van der Waals surface area (Å²) >= 11 is 0. The van der Waals surface area contributed by atoms with E-state index >= 15 is 0 Å². The van der Waals surface area contributed by atoms with E-state index in [4.69, 9.17) is 14.1 Å². The summed E-state index contributed by atoms with van der Waals surface area (Å²) in [5, 5.41) is 0.874. The first-order chi connectivity index (χ1) is 14.5. The maximum Gasteiger partial charge on any atom is 0.337 e. The van der Waals surface area contributed by atoms with E-state index in [9.17, 15) is 4.79 Å². The molecule has 0 atom stereocenters. The van der Waals surface area contributed by atoms with Crippen molar-refractivity contribution in [3.63, 3.8) is 0 Å². The number of carbonyl (C=O) groups is 1. The molecule has 0 spiro atoms. The van der Waals surface area contributed by atoms with Crippen LogP contribution < -0.4 is 4.90 Å². The predicted octanol–water partition coefficient (Wildman–Crippen LogP) is 5.79. The van der Waals surface area contributed by atoms with Crippen molar-refractivity contribution in [1.29, 1.82) is 0 Å². The first kappa shape index (κ1) is 19.7. The summed E-state index contributed by atoms with van der Waals surface area (Å²) in [5.74, 6) is 0.341. The third-order valence-corrected chi connectivity index (χ3v) is 5.31. The zero-order valence-electron chi connectivity index (χ0n) is 17.5. The van der Waals surface area contributed by atoms with Crippen LogP contribution in [0.3, 0.4) is 0 Å². The Morgan fingerprint density at radius 3 is 2.50 bits per heavy atom. The molecule has 4 rings (SSSR count). The summed E-state index contributed by atoms with van der Waals surface area (Å²) in [7, 11) is 3.41. The minimum absolute atomic E-state index is 0.260. The summed E-state index contributed by atoms with van der Waals surface area (Å²) in [6.45, 7) is 4.24. The molecule has 5 heteroatoms. The van der Waals surface area contributed by atoms with Gasteiger partial charge in [-0.15, -0.1) is 0 Å². The predicted molar refractivity (Wildman–Crippen MR) is 120 cm³/mol. The van der Waals surface area contributed by atoms with Crippen molar-refractivity contribution in [2.24, 2.45) is 0 Å². The topological polar surface area (TPSA) is 55.6 Å². The lowest BCUT2D eigenvalue weighted by molar-refractivity contribution is 0.0601. The van der Waals surface area contributed by atoms with Crippen molar-refractivity contribution in [2.45, 2.75) is 19.9 Å². The fourth-order valence-corrected chi connectivity index (χ4v) is 3.38. The highest BCUT2D eigenvalue weighted by atomic mass is 16.5. The Morgan fingerprint density at radius 2 is 1.80 bits per heavy atom. The third kappa shape index (κ3) is 3.66. The second-order valence-electron chi connectivity index (χ2n) is 7.53. The van der Waals surface area contributed by atoms with E-state index < -0.39 is 0 Å². The Hall–Kier alpha value is -3.60. The molecule has 2 aromatic heterocycles. The number of rotatable bonds is 5. The van der Waals surface area contributed by atoms with Crippen LogP contribution in [0.2, 0.25) is 0 Å². The number of esters is 1. The van der Waals surface area contributed by atoms with Gasteiger partial charge in [0.1, 0.15) is 5.69 Å². The van der Waals surface area contributed by atoms with Crippen LogP contribution in [0.4, 0.5) is 5.69 Å². The quantitative estimate of drug-likeness (QED) is 0.397. The minimum Gasteiger partial charge on any atom is -0.465 e. The molecule has 0 aliphatic carbocycles. The van der Waals surface area contributed by atoms with Gasteiger partial charge in [0.05, 0.1) is 30.1 Å². The molecule has 0 N–H and O–H groups in total. The molecule has 0 saturated carbocycles. The molecule has 30 heavy (non-hydrogen) atoms. The van der Waals surface area contributed by atoms with Gasteiger partial charge in [0, 0.05) is 24.0 Å². The maximum atomic E-state index is 11.9. The van der Waals surface area contributed by atoms with Crippen LogP contribution in [0.25, 0.3) is 33.5 Å². The van der Waals surface area contributed by atoms with Crippen molar-refractivity contribution >= 4 is 22.6 Å². The van der Waals surface area contributed by atoms with Crippen molar-refractivity contribution in [3.05, 3.63) is 72.5 Å². The summed E-state index contributed by atoms with van der Waals surface area (Å²) in [5.41, 5.74) is 5.10. The van der Waals surface area contributed by atoms with Crippen LogP contribution in [0.15, 0.2) is 71.3 Å². The Balaban J connectivity index is 1.86. The molecule has 2 heterocycles. The molecule has 0 bridgehead atoms. The number of fused-ring (bicyclic) bond motifs is 1. The molecule has 0 fully saturated rings. The molecule has 0 aliphatic rings.